The number of hydrogen-bond acceptors (Lipinski definition) is 4. The molecule has 0 bridgehead atoms. The Morgan fingerprint density at radius 2 is 1.85 bits per heavy atom. The van der Waals surface area contributed by atoms with Crippen LogP contribution in [0.25, 0.3) is 0 Å². The minimum absolute atomic E-state index is 0.139. The van der Waals surface area contributed by atoms with E-state index in [1.54, 1.807) is 0 Å². The van der Waals surface area contributed by atoms with Crippen molar-refractivity contribution in [1.29, 1.82) is 0 Å². The zero-order valence-electron chi connectivity index (χ0n) is 15.5. The Morgan fingerprint density at radius 3 is 2.50 bits per heavy atom. The molecular weight excluding hydrogens is 334 g/mol. The fourth-order valence-electron chi connectivity index (χ4n) is 7.30. The topological polar surface area (TPSA) is 97.5 Å². The fourth-order valence-corrected chi connectivity index (χ4v) is 7.30. The lowest BCUT2D eigenvalue weighted by Gasteiger charge is -2.57. The van der Waals surface area contributed by atoms with E-state index in [0.717, 1.165) is 37.7 Å². The number of rotatable bonds is 2. The summed E-state index contributed by atoms with van der Waals surface area (Å²) in [5.74, 6) is -0.103. The normalized spacial score (nSPS) is 44.9. The average molecular weight is 361 g/mol. The van der Waals surface area contributed by atoms with Crippen LogP contribution in [0.5, 0.6) is 0 Å². The van der Waals surface area contributed by atoms with Gasteiger partial charge in [0, 0.05) is 12.0 Å². The highest BCUT2D eigenvalue weighted by Crippen LogP contribution is 2.67. The zero-order chi connectivity index (χ0) is 18.9. The summed E-state index contributed by atoms with van der Waals surface area (Å²) in [6.07, 6.45) is 5.92. The first kappa shape index (κ1) is 17.7. The van der Waals surface area contributed by atoms with Gasteiger partial charge in [0.2, 0.25) is 5.78 Å². The van der Waals surface area contributed by atoms with Gasteiger partial charge in [-0.25, -0.2) is 0 Å². The molecule has 0 radical (unpaired) electrons. The maximum absolute atomic E-state index is 12.2. The Kier molecular flexibility index (Phi) is 3.83. The van der Waals surface area contributed by atoms with Gasteiger partial charge in [-0.15, -0.1) is 0 Å². The first-order chi connectivity index (χ1) is 12.2. The van der Waals surface area contributed by atoms with Crippen LogP contribution in [0.3, 0.4) is 0 Å². The van der Waals surface area contributed by atoms with Crippen LogP contribution in [0.4, 0.5) is 0 Å². The molecule has 1 N–H and O–H groups in total. The summed E-state index contributed by atoms with van der Waals surface area (Å²) >= 11 is 0. The van der Waals surface area contributed by atoms with Gasteiger partial charge in [-0.3, -0.25) is 19.7 Å². The fraction of sp³-hybridized carbons (Fsp3) is 0.800. The van der Waals surface area contributed by atoms with E-state index in [-0.39, 0.29) is 34.6 Å². The predicted octanol–water partition coefficient (Wildman–Crippen LogP) is 3.82. The summed E-state index contributed by atoms with van der Waals surface area (Å²) in [5.41, 5.74) is 0.208. The van der Waals surface area contributed by atoms with Gasteiger partial charge < -0.3 is 5.11 Å². The summed E-state index contributed by atoms with van der Waals surface area (Å²) in [6, 6.07) is 0. The maximum atomic E-state index is 12.2. The Balaban J connectivity index is 1.72. The van der Waals surface area contributed by atoms with Crippen molar-refractivity contribution in [2.24, 2.45) is 34.5 Å². The molecule has 0 aromatic rings. The van der Waals surface area contributed by atoms with Gasteiger partial charge >= 0.3 is 11.7 Å². The summed E-state index contributed by atoms with van der Waals surface area (Å²) < 4.78 is 0. The summed E-state index contributed by atoms with van der Waals surface area (Å²) in [5, 5.41) is 21.2. The maximum Gasteiger partial charge on any atom is 0.311 e. The van der Waals surface area contributed by atoms with E-state index < -0.39 is 10.9 Å². The van der Waals surface area contributed by atoms with E-state index in [9.17, 15) is 24.8 Å². The van der Waals surface area contributed by atoms with Crippen LogP contribution in [-0.4, -0.2) is 21.8 Å². The summed E-state index contributed by atoms with van der Waals surface area (Å²) in [6.45, 7) is 4.28. The van der Waals surface area contributed by atoms with Crippen molar-refractivity contribution in [3.63, 3.8) is 0 Å². The largest absolute Gasteiger partial charge is 0.481 e. The number of allylic oxidation sites excluding steroid dienone is 1. The highest BCUT2D eigenvalue weighted by atomic mass is 16.6. The van der Waals surface area contributed by atoms with Crippen LogP contribution in [0.2, 0.25) is 0 Å². The van der Waals surface area contributed by atoms with Crippen molar-refractivity contribution in [1.82, 2.24) is 0 Å². The molecule has 0 saturated heterocycles. The summed E-state index contributed by atoms with van der Waals surface area (Å²) in [4.78, 5) is 35.0. The third-order valence-electron chi connectivity index (χ3n) is 8.57. The summed E-state index contributed by atoms with van der Waals surface area (Å²) in [7, 11) is 0. The molecule has 4 rings (SSSR count). The van der Waals surface area contributed by atoms with Gasteiger partial charge in [-0.2, -0.15) is 0 Å². The lowest BCUT2D eigenvalue weighted by molar-refractivity contribution is -0.422. The van der Waals surface area contributed by atoms with E-state index in [4.69, 9.17) is 0 Å². The van der Waals surface area contributed by atoms with Crippen molar-refractivity contribution >= 4 is 11.8 Å². The van der Waals surface area contributed by atoms with E-state index in [1.165, 1.54) is 0 Å². The SMILES string of the molecule is C[C@]12CC[C@H]3[C@@H](CCC4=C([N+](=O)[O-])C(=O)CC[C@@]43C)[C@@H]1CC[C@@H]2C(=O)O. The third-order valence-corrected chi connectivity index (χ3v) is 8.57. The van der Waals surface area contributed by atoms with Crippen molar-refractivity contribution < 1.29 is 19.6 Å². The van der Waals surface area contributed by atoms with Gasteiger partial charge in [0.1, 0.15) is 0 Å². The average Bonchev–Trinajstić information content (AvgIpc) is 2.92. The third kappa shape index (κ3) is 2.16. The molecule has 4 aliphatic rings. The van der Waals surface area contributed by atoms with Gasteiger partial charge in [-0.1, -0.05) is 13.8 Å². The Bertz CT molecular complexity index is 728. The van der Waals surface area contributed by atoms with Gasteiger partial charge in [0.05, 0.1) is 10.8 Å². The molecule has 0 spiro atoms. The number of carbonyl (C=O) groups is 2. The molecule has 26 heavy (non-hydrogen) atoms. The molecule has 0 aromatic heterocycles. The molecule has 3 fully saturated rings. The second-order valence-corrected chi connectivity index (χ2v) is 9.35. The first-order valence-corrected chi connectivity index (χ1v) is 9.84. The molecule has 0 amide bonds. The van der Waals surface area contributed by atoms with Crippen LogP contribution >= 0.6 is 0 Å². The monoisotopic (exact) mass is 361 g/mol. The smallest absolute Gasteiger partial charge is 0.311 e. The van der Waals surface area contributed by atoms with Gasteiger partial charge in [0.25, 0.3) is 0 Å². The highest BCUT2D eigenvalue weighted by Gasteiger charge is 2.61. The first-order valence-electron chi connectivity index (χ1n) is 9.84. The molecule has 6 heteroatoms. The van der Waals surface area contributed by atoms with Crippen LogP contribution in [-0.2, 0) is 9.59 Å². The van der Waals surface area contributed by atoms with Crippen molar-refractivity contribution in [2.45, 2.75) is 65.2 Å². The standard InChI is InChI=1S/C20H27NO5/c1-19-10-8-16(22)17(21(25)26)14(19)4-3-11-12-5-6-15(18(23)24)20(12,2)9-7-13(11)19/h11-13,15H,3-10H2,1-2H3,(H,23,24)/t11-,12-,13-,15+,19+,20-/m0/s1. The predicted molar refractivity (Wildman–Crippen MR) is 93.8 cm³/mol. The van der Waals surface area contributed by atoms with E-state index in [2.05, 4.69) is 13.8 Å². The number of hydrogen-bond donors (Lipinski definition) is 1. The number of fused-ring (bicyclic) bond motifs is 5. The van der Waals surface area contributed by atoms with E-state index >= 15 is 0 Å². The molecule has 6 nitrogen and oxygen atoms in total. The second kappa shape index (κ2) is 5.64. The molecule has 0 heterocycles. The van der Waals surface area contributed by atoms with Crippen molar-refractivity contribution in [3.05, 3.63) is 21.4 Å². The number of carbonyl (C=O) groups excluding carboxylic acids is 1. The molecular formula is C20H27NO5. The number of nitro groups is 1. The lowest BCUT2D eigenvalue weighted by Crippen LogP contribution is -2.52. The van der Waals surface area contributed by atoms with Crippen LogP contribution < -0.4 is 0 Å². The van der Waals surface area contributed by atoms with E-state index in [1.807, 2.05) is 0 Å². The Morgan fingerprint density at radius 1 is 1.12 bits per heavy atom. The number of Topliss-reactive ketones (excluding diaryl/α,β-unsaturated/α-hetero) is 1. The molecule has 142 valence electrons. The molecule has 3 saturated carbocycles. The minimum Gasteiger partial charge on any atom is -0.481 e. The van der Waals surface area contributed by atoms with E-state index in [0.29, 0.717) is 30.6 Å². The van der Waals surface area contributed by atoms with Gasteiger partial charge in [0.15, 0.2) is 0 Å². The number of nitrogens with zero attached hydrogens (tertiary/aromatic N) is 1. The zero-order valence-corrected chi connectivity index (χ0v) is 15.5. The molecule has 0 aliphatic heterocycles. The Labute approximate surface area is 153 Å². The minimum atomic E-state index is -0.671. The van der Waals surface area contributed by atoms with Crippen molar-refractivity contribution in [2.75, 3.05) is 0 Å². The highest BCUT2D eigenvalue weighted by molar-refractivity contribution is 5.95. The molecule has 6 atom stereocenters. The number of aliphatic carboxylic acids is 1. The van der Waals surface area contributed by atoms with Crippen molar-refractivity contribution in [3.8, 4) is 0 Å². The molecule has 0 aromatic carbocycles. The quantitative estimate of drug-likeness (QED) is 0.595. The number of carboxylic acid groups (broad SMARTS) is 1. The molecule has 0 unspecified atom stereocenters. The van der Waals surface area contributed by atoms with Crippen LogP contribution in [0.15, 0.2) is 11.3 Å². The molecule has 4 aliphatic carbocycles. The van der Waals surface area contributed by atoms with Crippen LogP contribution in [0.1, 0.15) is 65.2 Å². The van der Waals surface area contributed by atoms with Crippen LogP contribution in [0, 0.1) is 44.6 Å². The second-order valence-electron chi connectivity index (χ2n) is 9.35. The Hall–Kier alpha value is -1.72. The van der Waals surface area contributed by atoms with Gasteiger partial charge in [-0.05, 0) is 73.5 Å². The number of carboxylic acids is 1. The number of ketones is 1. The lowest BCUT2D eigenvalue weighted by atomic mass is 9.46.